The van der Waals surface area contributed by atoms with E-state index >= 15 is 0 Å². The van der Waals surface area contributed by atoms with Gasteiger partial charge in [0.1, 0.15) is 6.04 Å². The Labute approximate surface area is 166 Å². The number of carboxylic acids is 1. The van der Waals surface area contributed by atoms with Gasteiger partial charge in [-0.25, -0.2) is 0 Å². The minimum atomic E-state index is -0.961. The molecule has 0 saturated carbocycles. The summed E-state index contributed by atoms with van der Waals surface area (Å²) in [7, 11) is 0. The van der Waals surface area contributed by atoms with Crippen molar-refractivity contribution in [3.05, 3.63) is 12.2 Å². The Kier molecular flexibility index (Phi) is 18.4. The van der Waals surface area contributed by atoms with E-state index in [9.17, 15) is 9.59 Å². The molecule has 27 heavy (non-hydrogen) atoms. The first-order chi connectivity index (χ1) is 13.1. The molecule has 0 bridgehead atoms. The number of carbonyl (C=O) groups excluding carboxylic acids is 1. The number of nitrogens with one attached hydrogen (secondary N) is 1. The maximum Gasteiger partial charge on any atom is 0.320 e. The van der Waals surface area contributed by atoms with Gasteiger partial charge in [0, 0.05) is 13.0 Å². The van der Waals surface area contributed by atoms with Crippen LogP contribution in [0.5, 0.6) is 0 Å². The summed E-state index contributed by atoms with van der Waals surface area (Å²) in [6.45, 7) is 2.85. The van der Waals surface area contributed by atoms with Crippen molar-refractivity contribution < 1.29 is 14.7 Å². The Hall–Kier alpha value is -1.36. The standard InChI is InChI=1S/C22H42N2O3/c1-2-3-4-5-6-7-8-9-10-11-12-13-14-18-21(25)24-19-16-15-17-20(23)22(26)27/h7-8,20H,2-6,9-19,23H2,1H3,(H,24,25)(H,26,27)/b8-7+/t20-/m0/s1. The number of nitrogens with two attached hydrogens (primary N) is 1. The fourth-order valence-electron chi connectivity index (χ4n) is 2.93. The van der Waals surface area contributed by atoms with Crippen LogP contribution in [0.1, 0.15) is 103 Å². The Morgan fingerprint density at radius 2 is 1.48 bits per heavy atom. The molecule has 5 heteroatoms. The predicted octanol–water partition coefficient (Wildman–Crippen LogP) is 4.94. The number of allylic oxidation sites excluding steroid dienone is 2. The van der Waals surface area contributed by atoms with E-state index in [1.807, 2.05) is 0 Å². The molecule has 0 unspecified atom stereocenters. The predicted molar refractivity (Wildman–Crippen MR) is 113 cm³/mol. The molecule has 0 spiro atoms. The van der Waals surface area contributed by atoms with Crippen molar-refractivity contribution in [3.8, 4) is 0 Å². The van der Waals surface area contributed by atoms with E-state index in [2.05, 4.69) is 24.4 Å². The third kappa shape index (κ3) is 19.2. The molecule has 4 N–H and O–H groups in total. The first-order valence-corrected chi connectivity index (χ1v) is 11.0. The summed E-state index contributed by atoms with van der Waals surface area (Å²) in [5.41, 5.74) is 5.43. The number of amides is 1. The van der Waals surface area contributed by atoms with Crippen LogP contribution in [0.3, 0.4) is 0 Å². The third-order valence-corrected chi connectivity index (χ3v) is 4.75. The summed E-state index contributed by atoms with van der Waals surface area (Å²) >= 11 is 0. The molecular formula is C22H42N2O3. The van der Waals surface area contributed by atoms with Crippen LogP contribution in [-0.2, 0) is 9.59 Å². The lowest BCUT2D eigenvalue weighted by molar-refractivity contribution is -0.138. The zero-order valence-corrected chi connectivity index (χ0v) is 17.4. The van der Waals surface area contributed by atoms with Gasteiger partial charge in [-0.1, -0.05) is 57.6 Å². The third-order valence-electron chi connectivity index (χ3n) is 4.75. The van der Waals surface area contributed by atoms with E-state index < -0.39 is 12.0 Å². The van der Waals surface area contributed by atoms with E-state index in [-0.39, 0.29) is 5.91 Å². The number of rotatable bonds is 19. The Morgan fingerprint density at radius 3 is 2.11 bits per heavy atom. The molecule has 0 aromatic carbocycles. The largest absolute Gasteiger partial charge is 0.480 e. The van der Waals surface area contributed by atoms with Crippen molar-refractivity contribution in [2.75, 3.05) is 6.54 Å². The normalized spacial score (nSPS) is 12.4. The van der Waals surface area contributed by atoms with Gasteiger partial charge in [-0.3, -0.25) is 9.59 Å². The summed E-state index contributed by atoms with van der Waals surface area (Å²) in [5.74, 6) is -0.860. The molecule has 1 atom stereocenters. The number of unbranched alkanes of at least 4 members (excludes halogenated alkanes) is 10. The fourth-order valence-corrected chi connectivity index (χ4v) is 2.93. The second kappa shape index (κ2) is 19.4. The molecular weight excluding hydrogens is 340 g/mol. The van der Waals surface area contributed by atoms with E-state index in [0.29, 0.717) is 19.4 Å². The molecule has 0 radical (unpaired) electrons. The molecule has 0 heterocycles. The number of carbonyl (C=O) groups is 2. The molecule has 0 rings (SSSR count). The summed E-state index contributed by atoms with van der Waals surface area (Å²) in [5, 5.41) is 11.6. The van der Waals surface area contributed by atoms with Gasteiger partial charge < -0.3 is 16.2 Å². The Balaban J connectivity index is 3.29. The highest BCUT2D eigenvalue weighted by Gasteiger charge is 2.10. The van der Waals surface area contributed by atoms with Crippen LogP contribution in [0.2, 0.25) is 0 Å². The zero-order chi connectivity index (χ0) is 20.2. The summed E-state index contributed by atoms with van der Waals surface area (Å²) in [6.07, 6.45) is 20.7. The molecule has 0 aromatic heterocycles. The SMILES string of the molecule is CCCCCC/C=C/CCCCCCCC(=O)NCCCC[C@H](N)C(=O)O. The van der Waals surface area contributed by atoms with Gasteiger partial charge in [0.15, 0.2) is 0 Å². The monoisotopic (exact) mass is 382 g/mol. The topological polar surface area (TPSA) is 92.4 Å². The highest BCUT2D eigenvalue weighted by atomic mass is 16.4. The fraction of sp³-hybridized carbons (Fsp3) is 0.818. The summed E-state index contributed by atoms with van der Waals surface area (Å²) < 4.78 is 0. The van der Waals surface area contributed by atoms with Gasteiger partial charge in [0.2, 0.25) is 5.91 Å². The van der Waals surface area contributed by atoms with E-state index in [1.165, 1.54) is 57.8 Å². The second-order valence-corrected chi connectivity index (χ2v) is 7.42. The Bertz CT molecular complexity index is 397. The first-order valence-electron chi connectivity index (χ1n) is 11.0. The molecule has 1 amide bonds. The minimum Gasteiger partial charge on any atom is -0.480 e. The lowest BCUT2D eigenvalue weighted by Crippen LogP contribution is -2.30. The summed E-state index contributed by atoms with van der Waals surface area (Å²) in [4.78, 5) is 22.3. The lowest BCUT2D eigenvalue weighted by atomic mass is 10.1. The number of aliphatic carboxylic acids is 1. The van der Waals surface area contributed by atoms with Crippen LogP contribution in [0.4, 0.5) is 0 Å². The maximum absolute atomic E-state index is 11.7. The van der Waals surface area contributed by atoms with Gasteiger partial charge >= 0.3 is 5.97 Å². The maximum atomic E-state index is 11.7. The second-order valence-electron chi connectivity index (χ2n) is 7.42. The lowest BCUT2D eigenvalue weighted by Gasteiger charge is -2.07. The molecule has 0 aliphatic heterocycles. The zero-order valence-electron chi connectivity index (χ0n) is 17.4. The van der Waals surface area contributed by atoms with Crippen molar-refractivity contribution in [3.63, 3.8) is 0 Å². The number of hydrogen-bond donors (Lipinski definition) is 3. The van der Waals surface area contributed by atoms with Crippen LogP contribution < -0.4 is 11.1 Å². The van der Waals surface area contributed by atoms with Crippen molar-refractivity contribution in [2.45, 2.75) is 109 Å². The van der Waals surface area contributed by atoms with E-state index in [1.54, 1.807) is 0 Å². The van der Waals surface area contributed by atoms with E-state index in [0.717, 1.165) is 25.7 Å². The van der Waals surface area contributed by atoms with Crippen molar-refractivity contribution >= 4 is 11.9 Å². The minimum absolute atomic E-state index is 0.100. The quantitative estimate of drug-likeness (QED) is 0.218. The molecule has 158 valence electrons. The van der Waals surface area contributed by atoms with Crippen molar-refractivity contribution in [2.24, 2.45) is 5.73 Å². The highest BCUT2D eigenvalue weighted by Crippen LogP contribution is 2.09. The average Bonchev–Trinajstić information content (AvgIpc) is 2.64. The molecule has 0 aromatic rings. The molecule has 5 nitrogen and oxygen atoms in total. The Morgan fingerprint density at radius 1 is 0.889 bits per heavy atom. The molecule has 0 aliphatic rings. The van der Waals surface area contributed by atoms with Crippen molar-refractivity contribution in [1.29, 1.82) is 0 Å². The van der Waals surface area contributed by atoms with Crippen LogP contribution in [0.25, 0.3) is 0 Å². The molecule has 0 aliphatic carbocycles. The van der Waals surface area contributed by atoms with Crippen LogP contribution >= 0.6 is 0 Å². The van der Waals surface area contributed by atoms with Crippen LogP contribution in [0.15, 0.2) is 12.2 Å². The van der Waals surface area contributed by atoms with Gasteiger partial charge in [0.05, 0.1) is 0 Å². The van der Waals surface area contributed by atoms with Gasteiger partial charge in [-0.05, 0) is 51.4 Å². The van der Waals surface area contributed by atoms with Crippen LogP contribution in [-0.4, -0.2) is 29.6 Å². The summed E-state index contributed by atoms with van der Waals surface area (Å²) in [6, 6.07) is -0.790. The number of carboxylic acid groups (broad SMARTS) is 1. The van der Waals surface area contributed by atoms with E-state index in [4.69, 9.17) is 10.8 Å². The number of hydrogen-bond acceptors (Lipinski definition) is 3. The average molecular weight is 383 g/mol. The first kappa shape index (κ1) is 25.6. The highest BCUT2D eigenvalue weighted by molar-refractivity contribution is 5.75. The van der Waals surface area contributed by atoms with Crippen molar-refractivity contribution in [1.82, 2.24) is 5.32 Å². The van der Waals surface area contributed by atoms with Gasteiger partial charge in [0.25, 0.3) is 0 Å². The smallest absolute Gasteiger partial charge is 0.320 e. The molecule has 0 saturated heterocycles. The molecule has 0 fully saturated rings. The van der Waals surface area contributed by atoms with Gasteiger partial charge in [-0.2, -0.15) is 0 Å². The van der Waals surface area contributed by atoms with Gasteiger partial charge in [-0.15, -0.1) is 0 Å². The van der Waals surface area contributed by atoms with Crippen LogP contribution in [0, 0.1) is 0 Å².